The Morgan fingerprint density at radius 3 is 2.73 bits per heavy atom. The Kier molecular flexibility index (Phi) is 4.39. The smallest absolute Gasteiger partial charge is 0.413 e. The van der Waals surface area contributed by atoms with Gasteiger partial charge >= 0.3 is 6.09 Å². The molecule has 0 bridgehead atoms. The van der Waals surface area contributed by atoms with Crippen molar-refractivity contribution in [3.63, 3.8) is 0 Å². The molecule has 0 aromatic heterocycles. The van der Waals surface area contributed by atoms with Crippen LogP contribution in [0.1, 0.15) is 12.8 Å². The highest BCUT2D eigenvalue weighted by molar-refractivity contribution is 6.76. The van der Waals surface area contributed by atoms with Crippen LogP contribution in [0.15, 0.2) is 12.3 Å². The van der Waals surface area contributed by atoms with Gasteiger partial charge < -0.3 is 4.74 Å². The predicted octanol–water partition coefficient (Wildman–Crippen LogP) is 3.07. The molecule has 4 heteroatoms. The average molecular weight is 227 g/mol. The monoisotopic (exact) mass is 227 g/mol. The third kappa shape index (κ3) is 5.02. The van der Waals surface area contributed by atoms with Gasteiger partial charge in [-0.2, -0.15) is 0 Å². The summed E-state index contributed by atoms with van der Waals surface area (Å²) in [6.07, 6.45) is 5.77. The van der Waals surface area contributed by atoms with Crippen molar-refractivity contribution in [1.29, 1.82) is 0 Å². The van der Waals surface area contributed by atoms with Crippen molar-refractivity contribution in [3.8, 4) is 0 Å². The van der Waals surface area contributed by atoms with Crippen LogP contribution in [0.3, 0.4) is 0 Å². The van der Waals surface area contributed by atoms with Crippen LogP contribution < -0.4 is 0 Å². The van der Waals surface area contributed by atoms with E-state index in [0.29, 0.717) is 6.61 Å². The Morgan fingerprint density at radius 2 is 2.20 bits per heavy atom. The van der Waals surface area contributed by atoms with Gasteiger partial charge in [0.25, 0.3) is 0 Å². The second kappa shape index (κ2) is 5.35. The van der Waals surface area contributed by atoms with E-state index in [1.807, 2.05) is 12.3 Å². The molecule has 0 aliphatic carbocycles. The lowest BCUT2D eigenvalue weighted by Crippen LogP contribution is -2.31. The van der Waals surface area contributed by atoms with Crippen molar-refractivity contribution in [3.05, 3.63) is 12.3 Å². The fourth-order valence-corrected chi connectivity index (χ4v) is 2.05. The molecule has 1 amide bonds. The first-order valence-corrected chi connectivity index (χ1v) is 9.30. The van der Waals surface area contributed by atoms with Crippen LogP contribution in [0.5, 0.6) is 0 Å². The summed E-state index contributed by atoms with van der Waals surface area (Å²) < 4.78 is 5.23. The summed E-state index contributed by atoms with van der Waals surface area (Å²) in [5.41, 5.74) is 0. The minimum absolute atomic E-state index is 0.191. The predicted molar refractivity (Wildman–Crippen MR) is 64.6 cm³/mol. The number of ether oxygens (including phenoxy) is 1. The quantitative estimate of drug-likeness (QED) is 0.693. The fourth-order valence-electron chi connectivity index (χ4n) is 1.34. The van der Waals surface area contributed by atoms with Crippen molar-refractivity contribution in [2.45, 2.75) is 38.5 Å². The van der Waals surface area contributed by atoms with E-state index in [0.717, 1.165) is 25.4 Å². The molecule has 3 nitrogen and oxygen atoms in total. The number of carbonyl (C=O) groups excluding carboxylic acids is 1. The number of hydrogen-bond donors (Lipinski definition) is 0. The first-order chi connectivity index (χ1) is 6.99. The van der Waals surface area contributed by atoms with E-state index in [2.05, 4.69) is 19.6 Å². The van der Waals surface area contributed by atoms with E-state index in [1.165, 1.54) is 0 Å². The van der Waals surface area contributed by atoms with E-state index in [-0.39, 0.29) is 6.09 Å². The maximum absolute atomic E-state index is 11.6. The molecule has 86 valence electrons. The van der Waals surface area contributed by atoms with Crippen molar-refractivity contribution in [1.82, 2.24) is 4.90 Å². The Bertz CT molecular complexity index is 245. The molecule has 0 saturated heterocycles. The number of rotatable bonds is 3. The summed E-state index contributed by atoms with van der Waals surface area (Å²) in [7, 11) is -1.09. The van der Waals surface area contributed by atoms with Crippen LogP contribution in [0.4, 0.5) is 4.79 Å². The van der Waals surface area contributed by atoms with Crippen LogP contribution in [0.2, 0.25) is 25.7 Å². The maximum Gasteiger partial charge on any atom is 0.413 e. The van der Waals surface area contributed by atoms with E-state index < -0.39 is 8.07 Å². The molecule has 0 unspecified atom stereocenters. The zero-order valence-corrected chi connectivity index (χ0v) is 11.0. The van der Waals surface area contributed by atoms with Gasteiger partial charge in [0.15, 0.2) is 0 Å². The highest BCUT2D eigenvalue weighted by atomic mass is 28.3. The largest absolute Gasteiger partial charge is 0.449 e. The molecule has 1 heterocycles. The summed E-state index contributed by atoms with van der Waals surface area (Å²) in [6.45, 7) is 8.20. The second-order valence-corrected chi connectivity index (χ2v) is 10.8. The normalized spacial score (nSPS) is 16.6. The Morgan fingerprint density at radius 1 is 1.47 bits per heavy atom. The van der Waals surface area contributed by atoms with Crippen molar-refractivity contribution in [2.75, 3.05) is 13.2 Å². The first kappa shape index (κ1) is 12.3. The zero-order chi connectivity index (χ0) is 11.3. The second-order valence-electron chi connectivity index (χ2n) is 5.15. The molecular formula is C11H21NO2Si. The highest BCUT2D eigenvalue weighted by Gasteiger charge is 2.17. The Hall–Kier alpha value is -0.773. The molecule has 0 aromatic carbocycles. The molecule has 0 N–H and O–H groups in total. The minimum Gasteiger partial charge on any atom is -0.449 e. The number of allylic oxidation sites excluding steroid dienone is 1. The zero-order valence-electron chi connectivity index (χ0n) is 9.95. The number of amides is 1. The topological polar surface area (TPSA) is 29.5 Å². The molecule has 0 radical (unpaired) electrons. The molecule has 1 rings (SSSR count). The number of carbonyl (C=O) groups is 1. The van der Waals surface area contributed by atoms with Crippen LogP contribution in [0.25, 0.3) is 0 Å². The summed E-state index contributed by atoms with van der Waals surface area (Å²) in [6, 6.07) is 1.04. The molecule has 0 aromatic rings. The third-order valence-electron chi connectivity index (χ3n) is 2.37. The molecular weight excluding hydrogens is 206 g/mol. The Balaban J connectivity index is 2.24. The fraction of sp³-hybridized carbons (Fsp3) is 0.727. The molecule has 0 saturated carbocycles. The first-order valence-electron chi connectivity index (χ1n) is 5.59. The van der Waals surface area contributed by atoms with E-state index in [4.69, 9.17) is 4.74 Å². The SMILES string of the molecule is C[Si](C)(C)CCOC(=O)N1C=CCCC1. The van der Waals surface area contributed by atoms with Gasteiger partial charge in [-0.25, -0.2) is 4.79 Å². The summed E-state index contributed by atoms with van der Waals surface area (Å²) in [4.78, 5) is 13.2. The van der Waals surface area contributed by atoms with Gasteiger partial charge in [0.2, 0.25) is 0 Å². The maximum atomic E-state index is 11.6. The van der Waals surface area contributed by atoms with Gasteiger partial charge in [-0.3, -0.25) is 4.90 Å². The van der Waals surface area contributed by atoms with Gasteiger partial charge in [-0.1, -0.05) is 25.7 Å². The molecule has 0 atom stereocenters. The van der Waals surface area contributed by atoms with Crippen molar-refractivity contribution >= 4 is 14.2 Å². The van der Waals surface area contributed by atoms with Crippen LogP contribution in [0, 0.1) is 0 Å². The lowest BCUT2D eigenvalue weighted by atomic mass is 10.2. The standard InChI is InChI=1S/C11H21NO2Si/c1-15(2,3)10-9-14-11(13)12-7-5-4-6-8-12/h5,7H,4,6,8-10H2,1-3H3. The molecule has 15 heavy (non-hydrogen) atoms. The third-order valence-corrected chi connectivity index (χ3v) is 4.07. The number of hydrogen-bond acceptors (Lipinski definition) is 2. The molecule has 1 aliphatic heterocycles. The van der Waals surface area contributed by atoms with E-state index in [1.54, 1.807) is 4.90 Å². The molecule has 0 fully saturated rings. The van der Waals surface area contributed by atoms with Crippen molar-refractivity contribution in [2.24, 2.45) is 0 Å². The average Bonchev–Trinajstić information content (AvgIpc) is 2.17. The molecule has 1 aliphatic rings. The van der Waals surface area contributed by atoms with Crippen molar-refractivity contribution < 1.29 is 9.53 Å². The van der Waals surface area contributed by atoms with Gasteiger partial charge in [-0.05, 0) is 18.9 Å². The summed E-state index contributed by atoms with van der Waals surface area (Å²) in [5.74, 6) is 0. The highest BCUT2D eigenvalue weighted by Crippen LogP contribution is 2.10. The van der Waals surface area contributed by atoms with Gasteiger partial charge in [0, 0.05) is 20.8 Å². The molecule has 0 spiro atoms. The lowest BCUT2D eigenvalue weighted by Gasteiger charge is -2.22. The van der Waals surface area contributed by atoms with Gasteiger partial charge in [-0.15, -0.1) is 0 Å². The lowest BCUT2D eigenvalue weighted by molar-refractivity contribution is 0.120. The van der Waals surface area contributed by atoms with Gasteiger partial charge in [0.1, 0.15) is 0 Å². The number of nitrogens with zero attached hydrogens (tertiary/aromatic N) is 1. The summed E-state index contributed by atoms with van der Waals surface area (Å²) in [5, 5.41) is 0. The van der Waals surface area contributed by atoms with E-state index >= 15 is 0 Å². The van der Waals surface area contributed by atoms with E-state index in [9.17, 15) is 4.79 Å². The van der Waals surface area contributed by atoms with Crippen LogP contribution in [-0.4, -0.2) is 32.2 Å². The Labute approximate surface area is 93.1 Å². The summed E-state index contributed by atoms with van der Waals surface area (Å²) >= 11 is 0. The van der Waals surface area contributed by atoms with Crippen LogP contribution in [-0.2, 0) is 4.74 Å². The minimum atomic E-state index is -1.09. The van der Waals surface area contributed by atoms with Gasteiger partial charge in [0.05, 0.1) is 6.61 Å². The van der Waals surface area contributed by atoms with Crippen LogP contribution >= 0.6 is 0 Å².